The van der Waals surface area contributed by atoms with Crippen molar-refractivity contribution in [1.29, 1.82) is 0 Å². The van der Waals surface area contributed by atoms with Crippen molar-refractivity contribution in [1.82, 2.24) is 24.6 Å². The molecule has 1 aliphatic heterocycles. The molecule has 0 spiro atoms. The molecule has 1 N–H and O–H groups in total. The normalized spacial score (nSPS) is 17.4. The molecular weight excluding hydrogens is 450 g/mol. The Morgan fingerprint density at radius 3 is 2.61 bits per heavy atom. The van der Waals surface area contributed by atoms with Gasteiger partial charge in [-0.3, -0.25) is 0 Å². The van der Waals surface area contributed by atoms with Gasteiger partial charge in [-0.15, -0.1) is 0 Å². The summed E-state index contributed by atoms with van der Waals surface area (Å²) in [5.41, 5.74) is 4.98. The standard InChI is InChI=1S/C29H31N5O2/c1-20-25-19-33(29(35)30-22-11-6-7-12-22)27(21-10-8-15-24(18-21)36-2)26-16-9-17-32(26)28(25)34(31-20)23-13-4-3-5-14-23/h3-5,8-10,13-18,22,27H,6-7,11-12,19H2,1-2H3,(H,30,35). The summed E-state index contributed by atoms with van der Waals surface area (Å²) in [6.45, 7) is 2.48. The van der Waals surface area contributed by atoms with E-state index < -0.39 is 0 Å². The summed E-state index contributed by atoms with van der Waals surface area (Å²) in [4.78, 5) is 15.9. The lowest BCUT2D eigenvalue weighted by molar-refractivity contribution is 0.176. The number of nitrogens with zero attached hydrogens (tertiary/aromatic N) is 4. The minimum atomic E-state index is -0.285. The third kappa shape index (κ3) is 3.85. The summed E-state index contributed by atoms with van der Waals surface area (Å²) in [6.07, 6.45) is 6.48. The van der Waals surface area contributed by atoms with E-state index in [2.05, 4.69) is 40.3 Å². The molecule has 4 aromatic rings. The number of methoxy groups -OCH3 is 1. The van der Waals surface area contributed by atoms with Crippen molar-refractivity contribution >= 4 is 6.03 Å². The van der Waals surface area contributed by atoms with Crippen LogP contribution in [0.25, 0.3) is 11.5 Å². The summed E-state index contributed by atoms with van der Waals surface area (Å²) >= 11 is 0. The van der Waals surface area contributed by atoms with E-state index in [4.69, 9.17) is 9.84 Å². The molecule has 2 aromatic carbocycles. The van der Waals surface area contributed by atoms with Crippen molar-refractivity contribution in [2.45, 2.75) is 51.2 Å². The summed E-state index contributed by atoms with van der Waals surface area (Å²) in [6, 6.07) is 22.3. The second-order valence-corrected chi connectivity index (χ2v) is 9.68. The fourth-order valence-corrected chi connectivity index (χ4v) is 5.64. The number of carbonyl (C=O) groups excluding carboxylic acids is 1. The molecule has 0 radical (unpaired) electrons. The number of carbonyl (C=O) groups is 1. The van der Waals surface area contributed by atoms with E-state index in [-0.39, 0.29) is 18.1 Å². The zero-order chi connectivity index (χ0) is 24.6. The van der Waals surface area contributed by atoms with Crippen LogP contribution in [0.15, 0.2) is 72.9 Å². The second kappa shape index (κ2) is 9.22. The minimum absolute atomic E-state index is 0.0396. The number of urea groups is 1. The highest BCUT2D eigenvalue weighted by Gasteiger charge is 2.36. The average Bonchev–Trinajstić information content (AvgIpc) is 3.64. The summed E-state index contributed by atoms with van der Waals surface area (Å²) in [5.74, 6) is 1.75. The Bertz CT molecular complexity index is 1380. The molecule has 2 aromatic heterocycles. The molecule has 184 valence electrons. The highest BCUT2D eigenvalue weighted by molar-refractivity contribution is 5.76. The first kappa shape index (κ1) is 22.5. The molecule has 1 fully saturated rings. The third-order valence-electron chi connectivity index (χ3n) is 7.44. The first-order valence-electron chi connectivity index (χ1n) is 12.7. The van der Waals surface area contributed by atoms with E-state index in [0.29, 0.717) is 6.54 Å². The highest BCUT2D eigenvalue weighted by atomic mass is 16.5. The number of benzene rings is 2. The van der Waals surface area contributed by atoms with E-state index in [1.165, 1.54) is 12.8 Å². The molecule has 36 heavy (non-hydrogen) atoms. The van der Waals surface area contributed by atoms with Crippen molar-refractivity contribution in [3.05, 3.63) is 95.4 Å². The maximum atomic E-state index is 13.9. The average molecular weight is 482 g/mol. The van der Waals surface area contributed by atoms with Crippen molar-refractivity contribution in [2.75, 3.05) is 7.11 Å². The number of aryl methyl sites for hydroxylation is 1. The molecule has 1 unspecified atom stereocenters. The molecule has 1 atom stereocenters. The van der Waals surface area contributed by atoms with Crippen molar-refractivity contribution in [3.63, 3.8) is 0 Å². The number of nitrogens with one attached hydrogen (secondary N) is 1. The topological polar surface area (TPSA) is 64.3 Å². The van der Waals surface area contributed by atoms with Gasteiger partial charge >= 0.3 is 6.03 Å². The van der Waals surface area contributed by atoms with Gasteiger partial charge in [0.05, 0.1) is 36.8 Å². The van der Waals surface area contributed by atoms with Crippen LogP contribution in [0.2, 0.25) is 0 Å². The SMILES string of the molecule is COc1cccc(C2c3cccn3-c3c(c(C)nn3-c3ccccc3)CN2C(=O)NC2CCCC2)c1. The molecule has 7 heteroatoms. The van der Waals surface area contributed by atoms with Gasteiger partial charge in [0.2, 0.25) is 0 Å². The molecule has 3 heterocycles. The Hall–Kier alpha value is -4.00. The lowest BCUT2D eigenvalue weighted by Crippen LogP contribution is -2.45. The Kier molecular flexibility index (Phi) is 5.76. The number of para-hydroxylation sites is 1. The van der Waals surface area contributed by atoms with Crippen LogP contribution in [0.5, 0.6) is 5.75 Å². The van der Waals surface area contributed by atoms with Crippen LogP contribution in [-0.2, 0) is 6.54 Å². The molecule has 2 aliphatic rings. The third-order valence-corrected chi connectivity index (χ3v) is 7.44. The van der Waals surface area contributed by atoms with Crippen molar-refractivity contribution < 1.29 is 9.53 Å². The minimum Gasteiger partial charge on any atom is -0.497 e. The lowest BCUT2D eigenvalue weighted by atomic mass is 10.0. The molecule has 7 nitrogen and oxygen atoms in total. The molecule has 6 rings (SSSR count). The van der Waals surface area contributed by atoms with Crippen LogP contribution in [-0.4, -0.2) is 38.4 Å². The Labute approximate surface area is 211 Å². The first-order valence-corrected chi connectivity index (χ1v) is 12.7. The van der Waals surface area contributed by atoms with Gasteiger partial charge in [0.15, 0.2) is 0 Å². The fourth-order valence-electron chi connectivity index (χ4n) is 5.64. The van der Waals surface area contributed by atoms with E-state index in [0.717, 1.165) is 52.6 Å². The molecular formula is C29H31N5O2. The Balaban J connectivity index is 1.53. The van der Waals surface area contributed by atoms with Crippen LogP contribution in [0.1, 0.15) is 54.2 Å². The number of hydrogen-bond donors (Lipinski definition) is 1. The van der Waals surface area contributed by atoms with Crippen molar-refractivity contribution in [2.24, 2.45) is 0 Å². The summed E-state index contributed by atoms with van der Waals surface area (Å²) in [7, 11) is 1.67. The molecule has 0 bridgehead atoms. The number of fused-ring (bicyclic) bond motifs is 3. The number of ether oxygens (including phenoxy) is 1. The van der Waals surface area contributed by atoms with E-state index >= 15 is 0 Å². The van der Waals surface area contributed by atoms with Gasteiger partial charge in [-0.05, 0) is 61.7 Å². The molecule has 1 aliphatic carbocycles. The van der Waals surface area contributed by atoms with Gasteiger partial charge in [0.25, 0.3) is 0 Å². The van der Waals surface area contributed by atoms with Crippen molar-refractivity contribution in [3.8, 4) is 17.3 Å². The Morgan fingerprint density at radius 2 is 1.83 bits per heavy atom. The summed E-state index contributed by atoms with van der Waals surface area (Å²) in [5, 5.41) is 8.26. The zero-order valence-corrected chi connectivity index (χ0v) is 20.7. The van der Waals surface area contributed by atoms with E-state index in [1.54, 1.807) is 7.11 Å². The lowest BCUT2D eigenvalue weighted by Gasteiger charge is -2.32. The zero-order valence-electron chi connectivity index (χ0n) is 20.7. The number of rotatable bonds is 4. The largest absolute Gasteiger partial charge is 0.497 e. The first-order chi connectivity index (χ1) is 17.6. The van der Waals surface area contributed by atoms with Gasteiger partial charge in [-0.2, -0.15) is 5.10 Å². The second-order valence-electron chi connectivity index (χ2n) is 9.68. The molecule has 0 saturated heterocycles. The van der Waals surface area contributed by atoms with E-state index in [9.17, 15) is 4.79 Å². The predicted molar refractivity (Wildman–Crippen MR) is 139 cm³/mol. The maximum absolute atomic E-state index is 13.9. The molecule has 2 amide bonds. The highest BCUT2D eigenvalue weighted by Crippen LogP contribution is 2.39. The predicted octanol–water partition coefficient (Wildman–Crippen LogP) is 5.54. The quantitative estimate of drug-likeness (QED) is 0.416. The van der Waals surface area contributed by atoms with Crippen LogP contribution >= 0.6 is 0 Å². The molecule has 1 saturated carbocycles. The van der Waals surface area contributed by atoms with Gasteiger partial charge in [-0.25, -0.2) is 9.48 Å². The fraction of sp³-hybridized carbons (Fsp3) is 0.310. The van der Waals surface area contributed by atoms with Gasteiger partial charge in [0, 0.05) is 17.8 Å². The van der Waals surface area contributed by atoms with Gasteiger partial charge in [-0.1, -0.05) is 43.2 Å². The number of amides is 2. The maximum Gasteiger partial charge on any atom is 0.318 e. The smallest absolute Gasteiger partial charge is 0.318 e. The van der Waals surface area contributed by atoms with Gasteiger partial charge in [0.1, 0.15) is 11.6 Å². The monoisotopic (exact) mass is 481 g/mol. The summed E-state index contributed by atoms with van der Waals surface area (Å²) < 4.78 is 9.74. The van der Waals surface area contributed by atoms with Gasteiger partial charge < -0.3 is 19.5 Å². The van der Waals surface area contributed by atoms with Crippen LogP contribution in [0, 0.1) is 6.92 Å². The van der Waals surface area contributed by atoms with Crippen LogP contribution in [0.3, 0.4) is 0 Å². The Morgan fingerprint density at radius 1 is 1.03 bits per heavy atom. The van der Waals surface area contributed by atoms with E-state index in [1.807, 2.05) is 59.0 Å². The number of hydrogen-bond acceptors (Lipinski definition) is 3. The van der Waals surface area contributed by atoms with Crippen LogP contribution in [0.4, 0.5) is 4.79 Å². The van der Waals surface area contributed by atoms with Crippen LogP contribution < -0.4 is 10.1 Å². The number of aromatic nitrogens is 3.